The molecule has 0 amide bonds. The van der Waals surface area contributed by atoms with Crippen LogP contribution in [0.5, 0.6) is 0 Å². The summed E-state index contributed by atoms with van der Waals surface area (Å²) in [6, 6.07) is 17.6. The van der Waals surface area contributed by atoms with E-state index in [4.69, 9.17) is 0 Å². The molecule has 0 bridgehead atoms. The summed E-state index contributed by atoms with van der Waals surface area (Å²) in [5.74, 6) is 0. The Morgan fingerprint density at radius 1 is 0.800 bits per heavy atom. The van der Waals surface area contributed by atoms with Crippen LogP contribution in [0.4, 0.5) is 0 Å². The van der Waals surface area contributed by atoms with E-state index in [1.807, 2.05) is 0 Å². The second-order valence-electron chi connectivity index (χ2n) is 3.90. The van der Waals surface area contributed by atoms with Gasteiger partial charge in [0.2, 0.25) is 0 Å². The van der Waals surface area contributed by atoms with Crippen molar-refractivity contribution < 1.29 is 30.1 Å². The molecule has 74 valence electrons. The van der Waals surface area contributed by atoms with Crippen LogP contribution in [0.1, 0.15) is 20.9 Å². The van der Waals surface area contributed by atoms with Gasteiger partial charge >= 0.3 is 25.8 Å². The van der Waals surface area contributed by atoms with Gasteiger partial charge in [0, 0.05) is 10.2 Å². The number of benzene rings is 2. The molecule has 3 rings (SSSR count). The Morgan fingerprint density at radius 2 is 1.20 bits per heavy atom. The Labute approximate surface area is 116 Å². The van der Waals surface area contributed by atoms with Gasteiger partial charge in [-0.3, -0.25) is 0 Å². The van der Waals surface area contributed by atoms with E-state index in [1.54, 1.807) is 0 Å². The minimum absolute atomic E-state index is 0. The van der Waals surface area contributed by atoms with E-state index >= 15 is 0 Å². The fourth-order valence-electron chi connectivity index (χ4n) is 2.41. The first-order valence-corrected chi connectivity index (χ1v) is 6.21. The Kier molecular flexibility index (Phi) is 3.07. The van der Waals surface area contributed by atoms with Gasteiger partial charge < -0.3 is 4.28 Å². The molecule has 0 aromatic heterocycles. The number of hydrogen-bond donors (Lipinski definition) is 0. The standard InChI is InChI=1S/C13H12Si.Sc.3H/c14-13-11-7-3-1-5-9(11)10-6-2-4-8-12(10)13;;;;/h1-8,13H,14H3;;;;/q;+3;3*-1. The quantitative estimate of drug-likeness (QED) is 0.624. The molecule has 0 nitrogen and oxygen atoms in total. The summed E-state index contributed by atoms with van der Waals surface area (Å²) >= 11 is 0. The van der Waals surface area contributed by atoms with Gasteiger partial charge in [0.25, 0.3) is 0 Å². The van der Waals surface area contributed by atoms with E-state index in [9.17, 15) is 0 Å². The molecule has 2 aromatic rings. The minimum atomic E-state index is 0. The molecule has 0 N–H and O–H groups in total. The number of hydrogen-bond acceptors (Lipinski definition) is 0. The molecular formula is C13H15ScSi. The van der Waals surface area contributed by atoms with Crippen molar-refractivity contribution in [1.29, 1.82) is 0 Å². The smallest absolute Gasteiger partial charge is 1.00 e. The molecule has 0 saturated carbocycles. The van der Waals surface area contributed by atoms with Gasteiger partial charge in [-0.25, -0.2) is 0 Å². The molecule has 0 fully saturated rings. The van der Waals surface area contributed by atoms with Gasteiger partial charge in [0.1, 0.15) is 0 Å². The Hall–Kier alpha value is -0.473. The van der Waals surface area contributed by atoms with Gasteiger partial charge in [-0.2, -0.15) is 0 Å². The fourth-order valence-corrected chi connectivity index (χ4v) is 3.41. The molecular weight excluding hydrogens is 229 g/mol. The first-order valence-electron chi connectivity index (χ1n) is 5.06. The molecule has 1 aliphatic carbocycles. The molecule has 0 saturated heterocycles. The zero-order valence-electron chi connectivity index (χ0n) is 11.8. The van der Waals surface area contributed by atoms with Crippen LogP contribution in [0, 0.1) is 0 Å². The molecule has 0 spiro atoms. The van der Waals surface area contributed by atoms with Crippen LogP contribution in [0.2, 0.25) is 0 Å². The van der Waals surface area contributed by atoms with Crippen molar-refractivity contribution in [1.82, 2.24) is 0 Å². The molecule has 1 aliphatic rings. The van der Waals surface area contributed by atoms with Crippen molar-refractivity contribution in [3.8, 4) is 11.1 Å². The van der Waals surface area contributed by atoms with E-state index in [-0.39, 0.29) is 30.1 Å². The van der Waals surface area contributed by atoms with Crippen LogP contribution in [0.15, 0.2) is 48.5 Å². The molecule has 0 heterocycles. The molecule has 2 aromatic carbocycles. The zero-order valence-corrected chi connectivity index (χ0v) is 12.6. The maximum Gasteiger partial charge on any atom is 3.00 e. The van der Waals surface area contributed by atoms with Gasteiger partial charge in [0.05, 0.1) is 0 Å². The van der Waals surface area contributed by atoms with E-state index in [0.717, 1.165) is 0 Å². The van der Waals surface area contributed by atoms with Crippen LogP contribution in [0.3, 0.4) is 0 Å². The predicted octanol–water partition coefficient (Wildman–Crippen LogP) is 2.46. The van der Waals surface area contributed by atoms with Gasteiger partial charge in [-0.1, -0.05) is 48.5 Å². The average Bonchev–Trinajstić information content (AvgIpc) is 2.55. The molecule has 0 aliphatic heterocycles. The summed E-state index contributed by atoms with van der Waals surface area (Å²) in [5, 5.41) is 0. The Bertz CT molecular complexity index is 460. The molecule has 2 heteroatoms. The normalized spacial score (nSPS) is 13.1. The number of fused-ring (bicyclic) bond motifs is 3. The van der Waals surface area contributed by atoms with Crippen molar-refractivity contribution in [2.75, 3.05) is 0 Å². The van der Waals surface area contributed by atoms with Crippen LogP contribution in [-0.4, -0.2) is 10.2 Å². The van der Waals surface area contributed by atoms with E-state index in [1.165, 1.54) is 32.5 Å². The van der Waals surface area contributed by atoms with E-state index in [2.05, 4.69) is 48.5 Å². The van der Waals surface area contributed by atoms with Gasteiger partial charge in [-0.15, -0.1) is 0 Å². The third-order valence-electron chi connectivity index (χ3n) is 3.14. The van der Waals surface area contributed by atoms with Gasteiger partial charge in [0.15, 0.2) is 0 Å². The molecule has 15 heavy (non-hydrogen) atoms. The van der Waals surface area contributed by atoms with Crippen LogP contribution in [-0.2, 0) is 25.8 Å². The summed E-state index contributed by atoms with van der Waals surface area (Å²) in [5.41, 5.74) is 6.65. The summed E-state index contributed by atoms with van der Waals surface area (Å²) < 4.78 is 0. The van der Waals surface area contributed by atoms with Crippen molar-refractivity contribution in [2.45, 2.75) is 5.54 Å². The summed E-state index contributed by atoms with van der Waals surface area (Å²) in [7, 11) is 1.21. The summed E-state index contributed by atoms with van der Waals surface area (Å²) in [6.45, 7) is 0. The van der Waals surface area contributed by atoms with Crippen LogP contribution in [0.25, 0.3) is 11.1 Å². The number of rotatable bonds is 0. The topological polar surface area (TPSA) is 0 Å². The maximum absolute atomic E-state index is 2.27. The molecule has 0 atom stereocenters. The monoisotopic (exact) mass is 244 g/mol. The second-order valence-corrected chi connectivity index (χ2v) is 5.05. The summed E-state index contributed by atoms with van der Waals surface area (Å²) in [6.07, 6.45) is 0. The SMILES string of the molecule is [H-].[H-].[H-].[Sc+3].[SiH3]C1c2ccccc2-c2ccccc21. The summed E-state index contributed by atoms with van der Waals surface area (Å²) in [4.78, 5) is 0. The molecule has 0 unspecified atom stereocenters. The van der Waals surface area contributed by atoms with Crippen molar-refractivity contribution in [3.05, 3.63) is 59.7 Å². The van der Waals surface area contributed by atoms with Crippen LogP contribution < -0.4 is 0 Å². The van der Waals surface area contributed by atoms with Crippen molar-refractivity contribution >= 4 is 10.2 Å². The first kappa shape index (κ1) is 11.0. The molecule has 0 radical (unpaired) electrons. The van der Waals surface area contributed by atoms with E-state index < -0.39 is 0 Å². The second kappa shape index (κ2) is 4.18. The Balaban J connectivity index is 0. The average molecular weight is 244 g/mol. The minimum Gasteiger partial charge on any atom is -1.00 e. The fraction of sp³-hybridized carbons (Fsp3) is 0.0769. The van der Waals surface area contributed by atoms with Crippen molar-refractivity contribution in [3.63, 3.8) is 0 Å². The predicted molar refractivity (Wildman–Crippen MR) is 67.0 cm³/mol. The third kappa shape index (κ3) is 1.60. The van der Waals surface area contributed by atoms with Crippen molar-refractivity contribution in [2.24, 2.45) is 0 Å². The van der Waals surface area contributed by atoms with E-state index in [0.29, 0.717) is 5.54 Å². The largest absolute Gasteiger partial charge is 3.00 e. The van der Waals surface area contributed by atoms with Gasteiger partial charge in [-0.05, 0) is 27.8 Å². The maximum atomic E-state index is 2.27. The Morgan fingerprint density at radius 3 is 1.67 bits per heavy atom. The zero-order chi connectivity index (χ0) is 9.54. The van der Waals surface area contributed by atoms with Crippen LogP contribution >= 0.6 is 0 Å². The first-order chi connectivity index (χ1) is 6.88. The third-order valence-corrected chi connectivity index (χ3v) is 4.39.